The van der Waals surface area contributed by atoms with Gasteiger partial charge in [-0.1, -0.05) is 0 Å². The van der Waals surface area contributed by atoms with Gasteiger partial charge in [-0.15, -0.1) is 0 Å². The van der Waals surface area contributed by atoms with E-state index in [0.717, 1.165) is 31.4 Å². The average molecular weight is 433 g/mol. The van der Waals surface area contributed by atoms with Crippen LogP contribution in [0.25, 0.3) is 10.9 Å². The molecule has 3 aromatic rings. The molecule has 162 valence electrons. The van der Waals surface area contributed by atoms with E-state index in [1.165, 1.54) is 24.3 Å². The van der Waals surface area contributed by atoms with Crippen molar-refractivity contribution in [1.82, 2.24) is 10.2 Å². The predicted molar refractivity (Wildman–Crippen MR) is 108 cm³/mol. The number of aromatic amines is 1. The largest absolute Gasteiger partial charge is 0.416 e. The van der Waals surface area contributed by atoms with Gasteiger partial charge in [0, 0.05) is 30.6 Å². The molecule has 8 nitrogen and oxygen atoms in total. The van der Waals surface area contributed by atoms with E-state index in [1.807, 2.05) is 4.90 Å². The van der Waals surface area contributed by atoms with E-state index in [9.17, 15) is 28.1 Å². The molecule has 2 heterocycles. The van der Waals surface area contributed by atoms with Gasteiger partial charge in [0.05, 0.1) is 27.4 Å². The number of non-ortho nitro benzene ring substituents is 1. The Hall–Kier alpha value is -3.63. The van der Waals surface area contributed by atoms with Crippen LogP contribution in [0.3, 0.4) is 0 Å². The van der Waals surface area contributed by atoms with Crippen LogP contribution in [0.2, 0.25) is 0 Å². The number of carbonyl (C=O) groups is 1. The van der Waals surface area contributed by atoms with E-state index in [-0.39, 0.29) is 22.5 Å². The normalized spacial score (nSPS) is 14.6. The van der Waals surface area contributed by atoms with Gasteiger partial charge in [-0.25, -0.2) is 0 Å². The predicted octanol–water partition coefficient (Wildman–Crippen LogP) is 4.73. The van der Waals surface area contributed by atoms with E-state index in [0.29, 0.717) is 24.3 Å². The number of hydrogen-bond acceptors (Lipinski definition) is 5. The van der Waals surface area contributed by atoms with Gasteiger partial charge in [-0.05, 0) is 43.5 Å². The number of amides is 1. The van der Waals surface area contributed by atoms with Crippen molar-refractivity contribution in [3.63, 3.8) is 0 Å². The first-order valence-electron chi connectivity index (χ1n) is 9.64. The molecule has 0 unspecified atom stereocenters. The maximum Gasteiger partial charge on any atom is 0.416 e. The third-order valence-corrected chi connectivity index (χ3v) is 5.24. The Bertz CT molecular complexity index is 1150. The van der Waals surface area contributed by atoms with Crippen LogP contribution in [0.15, 0.2) is 36.4 Å². The Kier molecular flexibility index (Phi) is 5.25. The quantitative estimate of drug-likeness (QED) is 0.457. The number of anilines is 2. The first kappa shape index (κ1) is 20.6. The summed E-state index contributed by atoms with van der Waals surface area (Å²) in [5, 5.41) is 20.3. The summed E-state index contributed by atoms with van der Waals surface area (Å²) >= 11 is 0. The fourth-order valence-corrected chi connectivity index (χ4v) is 3.69. The molecule has 0 radical (unpaired) electrons. The lowest BCUT2D eigenvalue weighted by Crippen LogP contribution is -2.30. The Labute approximate surface area is 174 Å². The molecule has 4 rings (SSSR count). The molecule has 1 saturated heterocycles. The lowest BCUT2D eigenvalue weighted by Gasteiger charge is -2.31. The smallest absolute Gasteiger partial charge is 0.370 e. The summed E-state index contributed by atoms with van der Waals surface area (Å²) in [7, 11) is 0. The minimum Gasteiger partial charge on any atom is -0.370 e. The number of nitrogens with one attached hydrogen (secondary N) is 2. The highest BCUT2D eigenvalue weighted by atomic mass is 19.4. The van der Waals surface area contributed by atoms with Gasteiger partial charge in [0.1, 0.15) is 0 Å². The average Bonchev–Trinajstić information content (AvgIpc) is 3.17. The van der Waals surface area contributed by atoms with Crippen molar-refractivity contribution >= 4 is 33.9 Å². The van der Waals surface area contributed by atoms with E-state index in [4.69, 9.17) is 0 Å². The summed E-state index contributed by atoms with van der Waals surface area (Å²) in [4.78, 5) is 25.3. The number of nitrogens with zero attached hydrogens (tertiary/aromatic N) is 3. The van der Waals surface area contributed by atoms with E-state index in [2.05, 4.69) is 15.5 Å². The van der Waals surface area contributed by atoms with Gasteiger partial charge in [0.25, 0.3) is 11.6 Å². The molecular formula is C20H18F3N5O3. The van der Waals surface area contributed by atoms with Crippen molar-refractivity contribution in [1.29, 1.82) is 0 Å². The number of piperidine rings is 1. The van der Waals surface area contributed by atoms with Crippen LogP contribution in [0, 0.1) is 10.1 Å². The summed E-state index contributed by atoms with van der Waals surface area (Å²) in [6.45, 7) is 1.34. The third kappa shape index (κ3) is 4.16. The molecule has 31 heavy (non-hydrogen) atoms. The molecule has 1 aliphatic rings. The Morgan fingerprint density at radius 3 is 2.55 bits per heavy atom. The molecule has 0 spiro atoms. The molecule has 0 saturated carbocycles. The van der Waals surface area contributed by atoms with Crippen molar-refractivity contribution in [3.05, 3.63) is 57.8 Å². The highest BCUT2D eigenvalue weighted by molar-refractivity contribution is 6.12. The van der Waals surface area contributed by atoms with Gasteiger partial charge in [-0.3, -0.25) is 20.0 Å². The molecule has 1 aromatic heterocycles. The Balaban J connectivity index is 1.72. The first-order chi connectivity index (χ1) is 14.7. The molecule has 0 bridgehead atoms. The molecule has 1 fully saturated rings. The number of rotatable bonds is 4. The van der Waals surface area contributed by atoms with Crippen molar-refractivity contribution < 1.29 is 22.9 Å². The number of hydrogen-bond donors (Lipinski definition) is 2. The van der Waals surface area contributed by atoms with Crippen molar-refractivity contribution in [2.24, 2.45) is 0 Å². The zero-order valence-corrected chi connectivity index (χ0v) is 16.2. The number of aromatic nitrogens is 2. The maximum atomic E-state index is 13.3. The van der Waals surface area contributed by atoms with Crippen molar-refractivity contribution in [2.75, 3.05) is 23.3 Å². The Morgan fingerprint density at radius 2 is 1.87 bits per heavy atom. The lowest BCUT2D eigenvalue weighted by molar-refractivity contribution is -0.384. The minimum atomic E-state index is -4.57. The van der Waals surface area contributed by atoms with Crippen LogP contribution >= 0.6 is 0 Å². The minimum absolute atomic E-state index is 0.0169. The second-order valence-corrected chi connectivity index (χ2v) is 7.29. The first-order valence-corrected chi connectivity index (χ1v) is 9.64. The van der Waals surface area contributed by atoms with Gasteiger partial charge < -0.3 is 10.2 Å². The zero-order chi connectivity index (χ0) is 22.2. The molecule has 0 atom stereocenters. The number of halogens is 3. The number of benzene rings is 2. The fourth-order valence-electron chi connectivity index (χ4n) is 3.69. The van der Waals surface area contributed by atoms with Crippen molar-refractivity contribution in [3.8, 4) is 0 Å². The highest BCUT2D eigenvalue weighted by Gasteiger charge is 2.32. The maximum absolute atomic E-state index is 13.3. The molecule has 0 aliphatic carbocycles. The third-order valence-electron chi connectivity index (χ3n) is 5.24. The monoisotopic (exact) mass is 433 g/mol. The molecule has 1 aliphatic heterocycles. The number of nitro benzene ring substituents is 1. The van der Waals surface area contributed by atoms with Gasteiger partial charge >= 0.3 is 6.18 Å². The number of H-pyrrole nitrogens is 1. The van der Waals surface area contributed by atoms with Crippen molar-refractivity contribution in [2.45, 2.75) is 25.4 Å². The second kappa shape index (κ2) is 7.89. The molecule has 11 heteroatoms. The number of alkyl halides is 3. The molecule has 2 N–H and O–H groups in total. The van der Waals surface area contributed by atoms with Crippen LogP contribution in [0.1, 0.15) is 35.3 Å². The number of fused-ring (bicyclic) bond motifs is 1. The summed E-state index contributed by atoms with van der Waals surface area (Å²) in [5.41, 5.74) is -0.339. The summed E-state index contributed by atoms with van der Waals surface area (Å²) in [5.74, 6) is -0.760. The molecule has 2 aromatic carbocycles. The van der Waals surface area contributed by atoms with E-state index >= 15 is 0 Å². The summed E-state index contributed by atoms with van der Waals surface area (Å²) in [6.07, 6.45) is -1.72. The number of nitro groups is 1. The lowest BCUT2D eigenvalue weighted by atomic mass is 10.1. The fraction of sp³-hybridized carbons (Fsp3) is 0.300. The summed E-state index contributed by atoms with van der Waals surface area (Å²) < 4.78 is 39.8. The number of carbonyl (C=O) groups excluding carboxylic acids is 1. The summed E-state index contributed by atoms with van der Waals surface area (Å²) in [6, 6.07) is 7.14. The standard InChI is InChI=1S/C20H18F3N5O3/c21-20(22,23)12-4-7-17(27-8-2-1-3-9-27)16(10-12)24-19(29)18-14-11-13(28(30)31)5-6-15(14)25-26-18/h4-7,10-11H,1-3,8-9H2,(H,24,29)(H,25,26). The van der Waals surface area contributed by atoms with E-state index in [1.54, 1.807) is 0 Å². The Morgan fingerprint density at radius 1 is 1.13 bits per heavy atom. The highest BCUT2D eigenvalue weighted by Crippen LogP contribution is 2.36. The van der Waals surface area contributed by atoms with Crippen LogP contribution in [-0.4, -0.2) is 34.1 Å². The van der Waals surface area contributed by atoms with Crippen LogP contribution < -0.4 is 10.2 Å². The van der Waals surface area contributed by atoms with Gasteiger partial charge in [-0.2, -0.15) is 18.3 Å². The van der Waals surface area contributed by atoms with Crippen LogP contribution in [0.5, 0.6) is 0 Å². The van der Waals surface area contributed by atoms with Gasteiger partial charge in [0.15, 0.2) is 5.69 Å². The van der Waals surface area contributed by atoms with E-state index < -0.39 is 22.6 Å². The SMILES string of the molecule is O=C(Nc1cc(C(F)(F)F)ccc1N1CCCCC1)c1n[nH]c2ccc([N+](=O)[O-])cc12. The second-order valence-electron chi connectivity index (χ2n) is 7.29. The molecule has 1 amide bonds. The van der Waals surface area contributed by atoms with Crippen LogP contribution in [-0.2, 0) is 6.18 Å². The topological polar surface area (TPSA) is 104 Å². The zero-order valence-electron chi connectivity index (χ0n) is 16.2. The molecular weight excluding hydrogens is 415 g/mol. The van der Waals surface area contributed by atoms with Crippen LogP contribution in [0.4, 0.5) is 30.2 Å². The van der Waals surface area contributed by atoms with Gasteiger partial charge in [0.2, 0.25) is 0 Å².